The van der Waals surface area contributed by atoms with E-state index in [1.54, 1.807) is 22.8 Å². The average molecular weight is 392 g/mol. The fraction of sp³-hybridized carbons (Fsp3) is 0.0667. The van der Waals surface area contributed by atoms with Crippen LogP contribution in [0.15, 0.2) is 36.4 Å². The van der Waals surface area contributed by atoms with E-state index < -0.39 is 0 Å². The van der Waals surface area contributed by atoms with Gasteiger partial charge in [0.15, 0.2) is 0 Å². The minimum absolute atomic E-state index is 0.288. The molecule has 0 saturated heterocycles. The Morgan fingerprint density at radius 1 is 1.29 bits per heavy atom. The molecular weight excluding hydrogens is 382 g/mol. The number of hydrogen-bond donors (Lipinski definition) is 1. The average Bonchev–Trinajstić information content (AvgIpc) is 2.76. The third kappa shape index (κ3) is 2.56. The molecule has 0 saturated carbocycles. The Morgan fingerprint density at radius 2 is 2.00 bits per heavy atom. The maximum Gasteiger partial charge on any atom is 0.201 e. The van der Waals surface area contributed by atoms with Crippen LogP contribution >= 0.6 is 22.6 Å². The van der Waals surface area contributed by atoms with Gasteiger partial charge in [0, 0.05) is 6.07 Å². The van der Waals surface area contributed by atoms with Crippen LogP contribution < -0.4 is 5.73 Å². The molecule has 0 spiro atoms. The van der Waals surface area contributed by atoms with Crippen molar-refractivity contribution in [3.05, 3.63) is 56.9 Å². The zero-order valence-corrected chi connectivity index (χ0v) is 13.0. The van der Waals surface area contributed by atoms with Crippen molar-refractivity contribution in [2.45, 2.75) is 6.54 Å². The maximum absolute atomic E-state index is 13.7. The van der Waals surface area contributed by atoms with Gasteiger partial charge in [-0.2, -0.15) is 5.26 Å². The summed E-state index contributed by atoms with van der Waals surface area (Å²) >= 11 is 1.93. The zero-order chi connectivity index (χ0) is 15.0. The molecule has 21 heavy (non-hydrogen) atoms. The first kappa shape index (κ1) is 13.8. The van der Waals surface area contributed by atoms with Gasteiger partial charge in [0.05, 0.1) is 32.8 Å². The SMILES string of the molecule is N#Cc1ccc(Cn2c(N)nc3cc(I)c(F)cc32)cc1. The van der Waals surface area contributed by atoms with Crippen LogP contribution in [-0.4, -0.2) is 9.55 Å². The normalized spacial score (nSPS) is 10.7. The van der Waals surface area contributed by atoms with Crippen LogP contribution in [-0.2, 0) is 6.54 Å². The second-order valence-corrected chi connectivity index (χ2v) is 5.78. The van der Waals surface area contributed by atoms with Crippen LogP contribution in [0.3, 0.4) is 0 Å². The number of hydrogen-bond acceptors (Lipinski definition) is 3. The Morgan fingerprint density at radius 3 is 2.67 bits per heavy atom. The van der Waals surface area contributed by atoms with Crippen molar-refractivity contribution < 1.29 is 4.39 Å². The number of benzene rings is 2. The number of nitrogens with zero attached hydrogens (tertiary/aromatic N) is 3. The predicted molar refractivity (Wildman–Crippen MR) is 87.1 cm³/mol. The second-order valence-electron chi connectivity index (χ2n) is 4.62. The fourth-order valence-electron chi connectivity index (χ4n) is 2.17. The van der Waals surface area contributed by atoms with Crippen LogP contribution in [0.4, 0.5) is 10.3 Å². The van der Waals surface area contributed by atoms with E-state index in [-0.39, 0.29) is 5.82 Å². The molecule has 0 unspecified atom stereocenters. The summed E-state index contributed by atoms with van der Waals surface area (Å²) in [5.74, 6) is 0.0554. The number of nitrogens with two attached hydrogens (primary N) is 1. The molecule has 2 aromatic carbocycles. The number of rotatable bonds is 2. The van der Waals surface area contributed by atoms with Gasteiger partial charge in [0.25, 0.3) is 0 Å². The molecule has 0 bridgehead atoms. The van der Waals surface area contributed by atoms with Crippen LogP contribution in [0.1, 0.15) is 11.1 Å². The van der Waals surface area contributed by atoms with Crippen LogP contribution in [0, 0.1) is 20.7 Å². The van der Waals surface area contributed by atoms with Gasteiger partial charge < -0.3 is 10.3 Å². The van der Waals surface area contributed by atoms with E-state index in [1.807, 2.05) is 34.7 Å². The van der Waals surface area contributed by atoms with Crippen molar-refractivity contribution in [2.24, 2.45) is 0 Å². The summed E-state index contributed by atoms with van der Waals surface area (Å²) in [5.41, 5.74) is 8.84. The van der Waals surface area contributed by atoms with E-state index in [0.717, 1.165) is 5.56 Å². The summed E-state index contributed by atoms with van der Waals surface area (Å²) in [5, 5.41) is 8.80. The molecule has 4 nitrogen and oxygen atoms in total. The Balaban J connectivity index is 2.05. The Bertz CT molecular complexity index is 862. The van der Waals surface area contributed by atoms with Crippen LogP contribution in [0.2, 0.25) is 0 Å². The van der Waals surface area contributed by atoms with Gasteiger partial charge >= 0.3 is 0 Å². The summed E-state index contributed by atoms with van der Waals surface area (Å²) in [4.78, 5) is 4.26. The summed E-state index contributed by atoms with van der Waals surface area (Å²) < 4.78 is 16.0. The van der Waals surface area contributed by atoms with E-state index in [2.05, 4.69) is 11.1 Å². The number of nitriles is 1. The highest BCUT2D eigenvalue weighted by Crippen LogP contribution is 2.24. The van der Waals surface area contributed by atoms with Crippen molar-refractivity contribution >= 4 is 39.6 Å². The number of halogens is 2. The molecule has 0 aliphatic rings. The van der Waals surface area contributed by atoms with Gasteiger partial charge in [-0.15, -0.1) is 0 Å². The number of nitrogen functional groups attached to an aromatic ring is 1. The third-order valence-corrected chi connectivity index (χ3v) is 4.07. The molecule has 0 atom stereocenters. The molecule has 0 fully saturated rings. The van der Waals surface area contributed by atoms with Crippen LogP contribution in [0.25, 0.3) is 11.0 Å². The summed E-state index contributed by atoms with van der Waals surface area (Å²) in [6, 6.07) is 12.4. The van der Waals surface area contributed by atoms with Gasteiger partial charge in [-0.05, 0) is 46.4 Å². The predicted octanol–water partition coefficient (Wildman–Crippen LogP) is 3.28. The van der Waals surface area contributed by atoms with E-state index in [4.69, 9.17) is 11.0 Å². The van der Waals surface area contributed by atoms with Gasteiger partial charge in [-0.1, -0.05) is 12.1 Å². The molecule has 6 heteroatoms. The molecule has 3 rings (SSSR count). The molecule has 0 amide bonds. The third-order valence-electron chi connectivity index (χ3n) is 3.24. The van der Waals surface area contributed by atoms with Crippen LogP contribution in [0.5, 0.6) is 0 Å². The Hall–Kier alpha value is -2.14. The highest BCUT2D eigenvalue weighted by atomic mass is 127. The highest BCUT2D eigenvalue weighted by molar-refractivity contribution is 14.1. The number of aromatic nitrogens is 2. The van der Waals surface area contributed by atoms with Gasteiger partial charge in [0.2, 0.25) is 5.95 Å². The molecular formula is C15H10FIN4. The van der Waals surface area contributed by atoms with Gasteiger partial charge in [-0.3, -0.25) is 0 Å². The Kier molecular flexibility index (Phi) is 3.51. The molecule has 1 heterocycles. The number of imidazole rings is 1. The first-order valence-corrected chi connectivity index (χ1v) is 7.26. The summed E-state index contributed by atoms with van der Waals surface area (Å²) in [7, 11) is 0. The van der Waals surface area contributed by atoms with Crippen molar-refractivity contribution in [1.82, 2.24) is 9.55 Å². The zero-order valence-electron chi connectivity index (χ0n) is 10.8. The smallest absolute Gasteiger partial charge is 0.201 e. The topological polar surface area (TPSA) is 67.6 Å². The quantitative estimate of drug-likeness (QED) is 0.681. The highest BCUT2D eigenvalue weighted by Gasteiger charge is 2.12. The maximum atomic E-state index is 13.7. The number of fused-ring (bicyclic) bond motifs is 1. The van der Waals surface area contributed by atoms with Crippen molar-refractivity contribution in [2.75, 3.05) is 5.73 Å². The van der Waals surface area contributed by atoms with E-state index in [1.165, 1.54) is 6.07 Å². The molecule has 0 aliphatic carbocycles. The van der Waals surface area contributed by atoms with Gasteiger partial charge in [-0.25, -0.2) is 9.37 Å². The summed E-state index contributed by atoms with van der Waals surface area (Å²) in [6.45, 7) is 0.480. The lowest BCUT2D eigenvalue weighted by Gasteiger charge is -2.07. The first-order chi connectivity index (χ1) is 10.1. The van der Waals surface area contributed by atoms with Crippen molar-refractivity contribution in [1.29, 1.82) is 5.26 Å². The number of anilines is 1. The summed E-state index contributed by atoms with van der Waals surface area (Å²) in [6.07, 6.45) is 0. The minimum Gasteiger partial charge on any atom is -0.369 e. The van der Waals surface area contributed by atoms with Crippen molar-refractivity contribution in [3.63, 3.8) is 0 Å². The van der Waals surface area contributed by atoms with E-state index >= 15 is 0 Å². The van der Waals surface area contributed by atoms with Crippen molar-refractivity contribution in [3.8, 4) is 6.07 Å². The standard InChI is InChI=1S/C15H10FIN4/c16-11-5-14-13(6-12(11)17)20-15(19)21(14)8-10-3-1-9(7-18)2-4-10/h1-6H,8H2,(H2,19,20). The molecule has 3 aromatic rings. The monoisotopic (exact) mass is 392 g/mol. The largest absolute Gasteiger partial charge is 0.369 e. The minimum atomic E-state index is -0.288. The lowest BCUT2D eigenvalue weighted by Crippen LogP contribution is -2.04. The lowest BCUT2D eigenvalue weighted by molar-refractivity contribution is 0.621. The molecule has 104 valence electrons. The molecule has 0 aliphatic heterocycles. The molecule has 1 aromatic heterocycles. The Labute approximate surface area is 134 Å². The fourth-order valence-corrected chi connectivity index (χ4v) is 2.62. The van der Waals surface area contributed by atoms with E-state index in [9.17, 15) is 4.39 Å². The van der Waals surface area contributed by atoms with E-state index in [0.29, 0.717) is 32.7 Å². The first-order valence-electron chi connectivity index (χ1n) is 6.18. The second kappa shape index (κ2) is 5.33. The van der Waals surface area contributed by atoms with Gasteiger partial charge in [0.1, 0.15) is 5.82 Å². The molecule has 2 N–H and O–H groups in total. The lowest BCUT2D eigenvalue weighted by atomic mass is 10.1. The molecule has 0 radical (unpaired) electrons.